The van der Waals surface area contributed by atoms with Crippen LogP contribution in [0.15, 0.2) is 6.07 Å². The summed E-state index contributed by atoms with van der Waals surface area (Å²) in [5, 5.41) is 11.6. The first-order valence-corrected chi connectivity index (χ1v) is 6.35. The van der Waals surface area contributed by atoms with Crippen molar-refractivity contribution in [3.05, 3.63) is 17.3 Å². The van der Waals surface area contributed by atoms with E-state index in [1.807, 2.05) is 7.05 Å². The van der Waals surface area contributed by atoms with Crippen LogP contribution in [0.25, 0.3) is 0 Å². The number of fused-ring (bicyclic) bond motifs is 1. The van der Waals surface area contributed by atoms with Crippen LogP contribution in [-0.4, -0.2) is 17.2 Å². The van der Waals surface area contributed by atoms with E-state index in [0.717, 1.165) is 12.2 Å². The van der Waals surface area contributed by atoms with Crippen LogP contribution in [0.2, 0.25) is 0 Å². The monoisotopic (exact) mass is 217 g/mol. The molecule has 0 unspecified atom stereocenters. The minimum Gasteiger partial charge on any atom is -0.372 e. The van der Waals surface area contributed by atoms with Gasteiger partial charge in [-0.1, -0.05) is 12.8 Å². The summed E-state index contributed by atoms with van der Waals surface area (Å²) in [7, 11) is 1.91. The molecule has 1 aromatic heterocycles. The van der Waals surface area contributed by atoms with Gasteiger partial charge in [0, 0.05) is 7.05 Å². The molecule has 0 aliphatic heterocycles. The zero-order valence-corrected chi connectivity index (χ0v) is 9.92. The number of hydrogen-bond donors (Lipinski definition) is 1. The minimum atomic E-state index is 0.612. The van der Waals surface area contributed by atoms with Crippen molar-refractivity contribution < 1.29 is 0 Å². The Labute approximate surface area is 96.7 Å². The van der Waals surface area contributed by atoms with E-state index < -0.39 is 0 Å². The summed E-state index contributed by atoms with van der Waals surface area (Å²) in [6, 6.07) is 2.20. The Kier molecular flexibility index (Phi) is 2.34. The lowest BCUT2D eigenvalue weighted by molar-refractivity contribution is 0.252. The number of hydrogen-bond acceptors (Lipinski definition) is 3. The summed E-state index contributed by atoms with van der Waals surface area (Å²) in [4.78, 5) is 0. The highest BCUT2D eigenvalue weighted by atomic mass is 15.2. The van der Waals surface area contributed by atoms with Crippen molar-refractivity contribution in [2.45, 2.75) is 44.9 Å². The molecule has 0 radical (unpaired) electrons. The number of nitrogens with zero attached hydrogens (tertiary/aromatic N) is 2. The average molecular weight is 217 g/mol. The summed E-state index contributed by atoms with van der Waals surface area (Å²) in [6.07, 6.45) is 9.37. The molecule has 0 aromatic carbocycles. The van der Waals surface area contributed by atoms with Gasteiger partial charge in [0.25, 0.3) is 0 Å². The Hall–Kier alpha value is -1.12. The number of nitrogens with one attached hydrogen (secondary N) is 1. The third kappa shape index (κ3) is 1.58. The standard InChI is InChI=1S/C13H19N3/c1-14-12-8-10-9-13(5-2-3-6-13)7-4-11(10)15-16-12/h8H,2-7,9H2,1H3,(H,14,16). The zero-order chi connectivity index (χ0) is 11.0. The Bertz CT molecular complexity index is 394. The van der Waals surface area contributed by atoms with E-state index in [4.69, 9.17) is 0 Å². The van der Waals surface area contributed by atoms with E-state index in [0.29, 0.717) is 5.41 Å². The van der Waals surface area contributed by atoms with Gasteiger partial charge in [-0.2, -0.15) is 5.10 Å². The predicted molar refractivity (Wildman–Crippen MR) is 64.5 cm³/mol. The van der Waals surface area contributed by atoms with Crippen LogP contribution in [-0.2, 0) is 12.8 Å². The van der Waals surface area contributed by atoms with Gasteiger partial charge in [0.1, 0.15) is 5.82 Å². The molecular weight excluding hydrogens is 198 g/mol. The molecule has 1 aromatic rings. The van der Waals surface area contributed by atoms with Gasteiger partial charge in [0.15, 0.2) is 0 Å². The lowest BCUT2D eigenvalue weighted by Crippen LogP contribution is -2.26. The Morgan fingerprint density at radius 3 is 2.75 bits per heavy atom. The summed E-state index contributed by atoms with van der Waals surface area (Å²) in [5.74, 6) is 0.911. The van der Waals surface area contributed by atoms with Crippen molar-refractivity contribution in [3.8, 4) is 0 Å². The molecule has 1 saturated carbocycles. The first-order valence-electron chi connectivity index (χ1n) is 6.35. The Balaban J connectivity index is 1.91. The van der Waals surface area contributed by atoms with Gasteiger partial charge < -0.3 is 5.32 Å². The van der Waals surface area contributed by atoms with Crippen molar-refractivity contribution in [3.63, 3.8) is 0 Å². The van der Waals surface area contributed by atoms with Crippen molar-refractivity contribution in [2.75, 3.05) is 12.4 Å². The van der Waals surface area contributed by atoms with Crippen molar-refractivity contribution >= 4 is 5.82 Å². The molecule has 3 rings (SSSR count). The molecule has 1 heterocycles. The maximum absolute atomic E-state index is 4.33. The number of anilines is 1. The number of rotatable bonds is 1. The third-order valence-corrected chi connectivity index (χ3v) is 4.34. The van der Waals surface area contributed by atoms with Crippen LogP contribution in [0.4, 0.5) is 5.82 Å². The fraction of sp³-hybridized carbons (Fsp3) is 0.692. The lowest BCUT2D eigenvalue weighted by Gasteiger charge is -2.33. The maximum atomic E-state index is 4.33. The predicted octanol–water partition coefficient (Wildman–Crippen LogP) is 2.57. The first-order chi connectivity index (χ1) is 7.81. The maximum Gasteiger partial charge on any atom is 0.148 e. The average Bonchev–Trinajstić information content (AvgIpc) is 2.76. The van der Waals surface area contributed by atoms with E-state index in [1.54, 1.807) is 0 Å². The van der Waals surface area contributed by atoms with E-state index in [9.17, 15) is 0 Å². The van der Waals surface area contributed by atoms with E-state index in [1.165, 1.54) is 49.8 Å². The van der Waals surface area contributed by atoms with Gasteiger partial charge in [-0.05, 0) is 49.1 Å². The van der Waals surface area contributed by atoms with Gasteiger partial charge in [0.05, 0.1) is 5.69 Å². The lowest BCUT2D eigenvalue weighted by atomic mass is 9.72. The third-order valence-electron chi connectivity index (χ3n) is 4.34. The van der Waals surface area contributed by atoms with Crippen LogP contribution in [0, 0.1) is 5.41 Å². The SMILES string of the molecule is CNc1cc2c(nn1)CCC1(CCCC1)C2. The molecule has 1 fully saturated rings. The molecule has 86 valence electrons. The van der Waals surface area contributed by atoms with E-state index in [2.05, 4.69) is 21.6 Å². The van der Waals surface area contributed by atoms with Crippen molar-refractivity contribution in [1.29, 1.82) is 0 Å². The van der Waals surface area contributed by atoms with E-state index in [-0.39, 0.29) is 0 Å². The van der Waals surface area contributed by atoms with Crippen LogP contribution >= 0.6 is 0 Å². The molecule has 0 bridgehead atoms. The number of aromatic nitrogens is 2. The zero-order valence-electron chi connectivity index (χ0n) is 9.92. The highest BCUT2D eigenvalue weighted by molar-refractivity contribution is 5.39. The largest absolute Gasteiger partial charge is 0.372 e. The molecule has 3 nitrogen and oxygen atoms in total. The smallest absolute Gasteiger partial charge is 0.148 e. The molecular formula is C13H19N3. The van der Waals surface area contributed by atoms with Crippen LogP contribution in [0.5, 0.6) is 0 Å². The second-order valence-electron chi connectivity index (χ2n) is 5.34. The number of aryl methyl sites for hydroxylation is 1. The molecule has 0 atom stereocenters. The highest BCUT2D eigenvalue weighted by Crippen LogP contribution is 2.47. The molecule has 2 aliphatic rings. The van der Waals surface area contributed by atoms with Crippen LogP contribution in [0.3, 0.4) is 0 Å². The molecule has 1 N–H and O–H groups in total. The Morgan fingerprint density at radius 1 is 1.19 bits per heavy atom. The van der Waals surface area contributed by atoms with Crippen LogP contribution < -0.4 is 5.32 Å². The molecule has 0 saturated heterocycles. The fourth-order valence-electron chi connectivity index (χ4n) is 3.37. The van der Waals surface area contributed by atoms with Gasteiger partial charge in [-0.25, -0.2) is 0 Å². The first kappa shape index (κ1) is 10.1. The van der Waals surface area contributed by atoms with Gasteiger partial charge >= 0.3 is 0 Å². The highest BCUT2D eigenvalue weighted by Gasteiger charge is 2.37. The quantitative estimate of drug-likeness (QED) is 0.785. The van der Waals surface area contributed by atoms with Crippen molar-refractivity contribution in [2.24, 2.45) is 5.41 Å². The van der Waals surface area contributed by atoms with Gasteiger partial charge in [-0.3, -0.25) is 0 Å². The second-order valence-corrected chi connectivity index (χ2v) is 5.34. The van der Waals surface area contributed by atoms with Crippen molar-refractivity contribution in [1.82, 2.24) is 10.2 Å². The molecule has 0 amide bonds. The Morgan fingerprint density at radius 2 is 2.00 bits per heavy atom. The van der Waals surface area contributed by atoms with Crippen LogP contribution in [0.1, 0.15) is 43.4 Å². The van der Waals surface area contributed by atoms with Gasteiger partial charge in [0.2, 0.25) is 0 Å². The summed E-state index contributed by atoms with van der Waals surface area (Å²) >= 11 is 0. The van der Waals surface area contributed by atoms with Gasteiger partial charge in [-0.15, -0.1) is 5.10 Å². The molecule has 2 aliphatic carbocycles. The normalized spacial score (nSPS) is 22.1. The molecule has 16 heavy (non-hydrogen) atoms. The van der Waals surface area contributed by atoms with E-state index >= 15 is 0 Å². The minimum absolute atomic E-state index is 0.612. The topological polar surface area (TPSA) is 37.8 Å². The molecule has 1 spiro atoms. The fourth-order valence-corrected chi connectivity index (χ4v) is 3.37. The summed E-state index contributed by atoms with van der Waals surface area (Å²) in [6.45, 7) is 0. The summed E-state index contributed by atoms with van der Waals surface area (Å²) in [5.41, 5.74) is 3.28. The second kappa shape index (κ2) is 3.72. The summed E-state index contributed by atoms with van der Waals surface area (Å²) < 4.78 is 0. The molecule has 3 heteroatoms.